The predicted octanol–water partition coefficient (Wildman–Crippen LogP) is 2.84. The molecule has 1 aromatic rings. The molecule has 0 radical (unpaired) electrons. The zero-order chi connectivity index (χ0) is 14.0. The van der Waals surface area contributed by atoms with Gasteiger partial charge in [0.1, 0.15) is 0 Å². The van der Waals surface area contributed by atoms with Gasteiger partial charge in [0.05, 0.1) is 20.3 Å². The first-order chi connectivity index (χ1) is 8.84. The van der Waals surface area contributed by atoms with Crippen molar-refractivity contribution < 1.29 is 4.74 Å². The van der Waals surface area contributed by atoms with Gasteiger partial charge >= 0.3 is 0 Å². The lowest BCUT2D eigenvalue weighted by atomic mass is 10.1. The monoisotopic (exact) mass is 277 g/mol. The highest BCUT2D eigenvalue weighted by molar-refractivity contribution is 6.88. The van der Waals surface area contributed by atoms with E-state index in [1.165, 1.54) is 5.56 Å². The Morgan fingerprint density at radius 2 is 1.58 bits per heavy atom. The first-order valence-electron chi connectivity index (χ1n) is 7.32. The maximum absolute atomic E-state index is 5.78. The van der Waals surface area contributed by atoms with Crippen LogP contribution in [0.5, 0.6) is 0 Å². The second-order valence-electron chi connectivity index (χ2n) is 6.90. The third-order valence-electron chi connectivity index (χ3n) is 3.72. The standard InChI is InChI=1S/C16H27NOSi/c1-13-10-17(11-14(2)18-13)12-15-6-8-16(9-7-15)19(3,4)5/h6-9,13-14H,10-12H2,1-5H3/t13-,14+. The van der Waals surface area contributed by atoms with Crippen LogP contribution >= 0.6 is 0 Å². The molecule has 2 atom stereocenters. The van der Waals surface area contributed by atoms with Crippen LogP contribution in [0.25, 0.3) is 0 Å². The van der Waals surface area contributed by atoms with Crippen LogP contribution < -0.4 is 5.19 Å². The summed E-state index contributed by atoms with van der Waals surface area (Å²) in [7, 11) is -1.16. The summed E-state index contributed by atoms with van der Waals surface area (Å²) in [4.78, 5) is 2.50. The molecule has 0 spiro atoms. The molecule has 0 saturated carbocycles. The van der Waals surface area contributed by atoms with Gasteiger partial charge in [-0.05, 0) is 19.4 Å². The van der Waals surface area contributed by atoms with Crippen LogP contribution in [0.4, 0.5) is 0 Å². The number of benzene rings is 1. The van der Waals surface area contributed by atoms with Gasteiger partial charge in [0.2, 0.25) is 0 Å². The maximum Gasteiger partial charge on any atom is 0.0775 e. The molecule has 1 fully saturated rings. The van der Waals surface area contributed by atoms with Gasteiger partial charge in [-0.25, -0.2) is 0 Å². The van der Waals surface area contributed by atoms with Gasteiger partial charge in [0.25, 0.3) is 0 Å². The molecule has 2 nitrogen and oxygen atoms in total. The summed E-state index contributed by atoms with van der Waals surface area (Å²) in [6.45, 7) is 14.6. The van der Waals surface area contributed by atoms with Crippen LogP contribution in [-0.4, -0.2) is 38.3 Å². The zero-order valence-electron chi connectivity index (χ0n) is 12.9. The van der Waals surface area contributed by atoms with Crippen molar-refractivity contribution >= 4 is 13.3 Å². The lowest BCUT2D eigenvalue weighted by Gasteiger charge is -2.35. The molecule has 106 valence electrons. The van der Waals surface area contributed by atoms with E-state index in [1.54, 1.807) is 5.19 Å². The SMILES string of the molecule is C[C@@H]1CN(Cc2ccc([Si](C)(C)C)cc2)C[C@H](C)O1. The highest BCUT2D eigenvalue weighted by atomic mass is 28.3. The second kappa shape index (κ2) is 5.78. The summed E-state index contributed by atoms with van der Waals surface area (Å²) in [5.41, 5.74) is 1.42. The summed E-state index contributed by atoms with van der Waals surface area (Å²) in [5.74, 6) is 0. The second-order valence-corrected chi connectivity index (χ2v) is 12.0. The van der Waals surface area contributed by atoms with Gasteiger partial charge in [0.15, 0.2) is 0 Å². The molecule has 1 aliphatic rings. The Morgan fingerprint density at radius 3 is 2.05 bits per heavy atom. The van der Waals surface area contributed by atoms with E-state index in [1.807, 2.05) is 0 Å². The normalized spacial score (nSPS) is 25.5. The summed E-state index contributed by atoms with van der Waals surface area (Å²) in [6.07, 6.45) is 0.704. The number of ether oxygens (including phenoxy) is 1. The summed E-state index contributed by atoms with van der Waals surface area (Å²) >= 11 is 0. The van der Waals surface area contributed by atoms with E-state index in [2.05, 4.69) is 62.7 Å². The number of nitrogens with zero attached hydrogens (tertiary/aromatic N) is 1. The molecule has 0 bridgehead atoms. The van der Waals surface area contributed by atoms with Gasteiger partial charge in [-0.3, -0.25) is 4.90 Å². The fourth-order valence-corrected chi connectivity index (χ4v) is 3.95. The van der Waals surface area contributed by atoms with Crippen LogP contribution in [0.15, 0.2) is 24.3 Å². The molecule has 0 unspecified atom stereocenters. The van der Waals surface area contributed by atoms with E-state index in [4.69, 9.17) is 4.74 Å². The minimum Gasteiger partial charge on any atom is -0.373 e. The molecule has 1 saturated heterocycles. The maximum atomic E-state index is 5.78. The first kappa shape index (κ1) is 14.8. The third-order valence-corrected chi connectivity index (χ3v) is 5.79. The molecule has 0 N–H and O–H groups in total. The van der Waals surface area contributed by atoms with Crippen molar-refractivity contribution in [1.29, 1.82) is 0 Å². The molecule has 0 aliphatic carbocycles. The molecule has 1 aromatic carbocycles. The zero-order valence-corrected chi connectivity index (χ0v) is 13.9. The van der Waals surface area contributed by atoms with E-state index in [-0.39, 0.29) is 0 Å². The topological polar surface area (TPSA) is 12.5 Å². The van der Waals surface area contributed by atoms with E-state index in [0.29, 0.717) is 12.2 Å². The van der Waals surface area contributed by atoms with E-state index in [0.717, 1.165) is 19.6 Å². The fraction of sp³-hybridized carbons (Fsp3) is 0.625. The fourth-order valence-electron chi connectivity index (χ4n) is 2.78. The van der Waals surface area contributed by atoms with Gasteiger partial charge < -0.3 is 4.74 Å². The average Bonchev–Trinajstić information content (AvgIpc) is 2.26. The van der Waals surface area contributed by atoms with Crippen LogP contribution in [0.2, 0.25) is 19.6 Å². The summed E-state index contributed by atoms with van der Waals surface area (Å²) in [6, 6.07) is 9.26. The van der Waals surface area contributed by atoms with E-state index >= 15 is 0 Å². The highest BCUT2D eigenvalue weighted by Crippen LogP contribution is 2.14. The molecular weight excluding hydrogens is 250 g/mol. The molecule has 2 rings (SSSR count). The van der Waals surface area contributed by atoms with Gasteiger partial charge in [0, 0.05) is 19.6 Å². The molecule has 1 heterocycles. The predicted molar refractivity (Wildman–Crippen MR) is 84.7 cm³/mol. The summed E-state index contributed by atoms with van der Waals surface area (Å²) < 4.78 is 5.78. The highest BCUT2D eigenvalue weighted by Gasteiger charge is 2.22. The minimum atomic E-state index is -1.16. The molecule has 3 heteroatoms. The van der Waals surface area contributed by atoms with Crippen molar-refractivity contribution in [2.24, 2.45) is 0 Å². The van der Waals surface area contributed by atoms with Crippen LogP contribution in [-0.2, 0) is 11.3 Å². The van der Waals surface area contributed by atoms with Gasteiger partial charge in [-0.15, -0.1) is 0 Å². The lowest BCUT2D eigenvalue weighted by Crippen LogP contribution is -2.44. The van der Waals surface area contributed by atoms with Crippen LogP contribution in [0.1, 0.15) is 19.4 Å². The molecule has 1 aliphatic heterocycles. The van der Waals surface area contributed by atoms with Crippen molar-refractivity contribution in [2.45, 2.75) is 52.2 Å². The Hall–Kier alpha value is -0.643. The average molecular weight is 277 g/mol. The third kappa shape index (κ3) is 4.16. The van der Waals surface area contributed by atoms with Crippen molar-refractivity contribution in [3.8, 4) is 0 Å². The van der Waals surface area contributed by atoms with E-state index in [9.17, 15) is 0 Å². The number of morpholine rings is 1. The van der Waals surface area contributed by atoms with Gasteiger partial charge in [-0.1, -0.05) is 49.1 Å². The van der Waals surface area contributed by atoms with Crippen LogP contribution in [0.3, 0.4) is 0 Å². The summed E-state index contributed by atoms with van der Waals surface area (Å²) in [5, 5.41) is 1.54. The minimum absolute atomic E-state index is 0.352. The van der Waals surface area contributed by atoms with Crippen LogP contribution in [0, 0.1) is 0 Å². The number of hydrogen-bond acceptors (Lipinski definition) is 2. The first-order valence-corrected chi connectivity index (χ1v) is 10.8. The Bertz CT molecular complexity index is 400. The molecule has 0 amide bonds. The number of hydrogen-bond donors (Lipinski definition) is 0. The molecule has 19 heavy (non-hydrogen) atoms. The van der Waals surface area contributed by atoms with E-state index < -0.39 is 8.07 Å². The Morgan fingerprint density at radius 1 is 1.05 bits per heavy atom. The van der Waals surface area contributed by atoms with Crippen molar-refractivity contribution in [2.75, 3.05) is 13.1 Å². The van der Waals surface area contributed by atoms with Crippen molar-refractivity contribution in [3.63, 3.8) is 0 Å². The largest absolute Gasteiger partial charge is 0.373 e. The van der Waals surface area contributed by atoms with Crippen molar-refractivity contribution in [1.82, 2.24) is 4.90 Å². The smallest absolute Gasteiger partial charge is 0.0775 e. The number of rotatable bonds is 3. The van der Waals surface area contributed by atoms with Gasteiger partial charge in [-0.2, -0.15) is 0 Å². The molecular formula is C16H27NOSi. The Kier molecular flexibility index (Phi) is 4.49. The van der Waals surface area contributed by atoms with Crippen molar-refractivity contribution in [3.05, 3.63) is 29.8 Å². The molecule has 0 aromatic heterocycles. The quantitative estimate of drug-likeness (QED) is 0.788. The Labute approximate surface area is 118 Å². The Balaban J connectivity index is 1.99. The lowest BCUT2D eigenvalue weighted by molar-refractivity contribution is -0.0704.